The molecule has 3 unspecified atom stereocenters. The molecule has 2 N–H and O–H groups in total. The summed E-state index contributed by atoms with van der Waals surface area (Å²) in [5.41, 5.74) is 0. The minimum Gasteiger partial charge on any atom is -0.456 e. The predicted octanol–water partition coefficient (Wildman–Crippen LogP) is 17.8. The van der Waals surface area contributed by atoms with Crippen molar-refractivity contribution in [3.05, 3.63) is 85.1 Å². The van der Waals surface area contributed by atoms with Crippen LogP contribution < -0.4 is 5.32 Å². The van der Waals surface area contributed by atoms with Gasteiger partial charge in [0.05, 0.1) is 33.8 Å². The van der Waals surface area contributed by atoms with Gasteiger partial charge in [0.15, 0.2) is 0 Å². The molecule has 0 fully saturated rings. The summed E-state index contributed by atoms with van der Waals surface area (Å²) in [6, 6.07) is -0.869. The molecule has 0 rings (SSSR count). The van der Waals surface area contributed by atoms with Crippen molar-refractivity contribution in [1.29, 1.82) is 0 Å². The number of rotatable bonds is 52. The van der Waals surface area contributed by atoms with E-state index < -0.39 is 20.0 Å². The topological polar surface area (TPSA) is 111 Å². The maximum Gasteiger partial charge on any atom is 0.472 e. The van der Waals surface area contributed by atoms with E-state index in [4.69, 9.17) is 13.8 Å². The van der Waals surface area contributed by atoms with Crippen LogP contribution >= 0.6 is 7.82 Å². The minimum atomic E-state index is -4.46. The van der Waals surface area contributed by atoms with Crippen molar-refractivity contribution in [2.45, 2.75) is 258 Å². The summed E-state index contributed by atoms with van der Waals surface area (Å²) < 4.78 is 30.6. The van der Waals surface area contributed by atoms with Gasteiger partial charge in [0.25, 0.3) is 0 Å². The second kappa shape index (κ2) is 51.7. The first-order chi connectivity index (χ1) is 34.9. The van der Waals surface area contributed by atoms with Crippen molar-refractivity contribution in [1.82, 2.24) is 5.32 Å². The Labute approximate surface area is 444 Å². The molecule has 72 heavy (non-hydrogen) atoms. The van der Waals surface area contributed by atoms with Gasteiger partial charge < -0.3 is 19.4 Å². The Kier molecular flexibility index (Phi) is 49.6. The van der Waals surface area contributed by atoms with Gasteiger partial charge in [-0.3, -0.25) is 18.6 Å². The molecule has 0 aliphatic carbocycles. The monoisotopic (exact) mass is 1030 g/mol. The van der Waals surface area contributed by atoms with Crippen molar-refractivity contribution >= 4 is 19.7 Å². The third kappa shape index (κ3) is 52.1. The largest absolute Gasteiger partial charge is 0.472 e. The van der Waals surface area contributed by atoms with Crippen molar-refractivity contribution in [3.8, 4) is 0 Å². The van der Waals surface area contributed by atoms with Crippen LogP contribution in [-0.4, -0.2) is 74.3 Å². The van der Waals surface area contributed by atoms with E-state index in [-0.39, 0.29) is 31.5 Å². The van der Waals surface area contributed by atoms with Crippen LogP contribution in [0, 0.1) is 0 Å². The Morgan fingerprint density at radius 2 is 0.889 bits per heavy atom. The lowest BCUT2D eigenvalue weighted by Gasteiger charge is -2.27. The molecular formula is C62H112N2O7P+. The van der Waals surface area contributed by atoms with Crippen LogP contribution in [0.25, 0.3) is 0 Å². The molecule has 0 aromatic heterocycles. The van der Waals surface area contributed by atoms with E-state index in [9.17, 15) is 19.0 Å². The second-order valence-electron chi connectivity index (χ2n) is 20.8. The van der Waals surface area contributed by atoms with Crippen LogP contribution in [-0.2, 0) is 27.9 Å². The molecule has 0 radical (unpaired) electrons. The highest BCUT2D eigenvalue weighted by atomic mass is 31.2. The zero-order valence-corrected chi connectivity index (χ0v) is 48.3. The van der Waals surface area contributed by atoms with Crippen LogP contribution in [0.5, 0.6) is 0 Å². The number of allylic oxidation sites excluding steroid dienone is 13. The summed E-state index contributed by atoms with van der Waals surface area (Å²) in [5.74, 6) is -0.548. The Hall–Kier alpha value is -2.81. The van der Waals surface area contributed by atoms with Crippen LogP contribution in [0.2, 0.25) is 0 Å². The molecular weight excluding hydrogens is 916 g/mol. The lowest BCUT2D eigenvalue weighted by atomic mass is 10.0. The number of quaternary nitrogens is 1. The summed E-state index contributed by atoms with van der Waals surface area (Å²) in [7, 11) is 1.46. The highest BCUT2D eigenvalue weighted by molar-refractivity contribution is 7.47. The first-order valence-corrected chi connectivity index (χ1v) is 30.9. The molecule has 1 amide bonds. The summed E-state index contributed by atoms with van der Waals surface area (Å²) in [4.78, 5) is 37.6. The maximum atomic E-state index is 13.5. The Bertz CT molecular complexity index is 1510. The Morgan fingerprint density at radius 3 is 1.36 bits per heavy atom. The van der Waals surface area contributed by atoms with E-state index in [2.05, 4.69) is 99.0 Å². The number of ether oxygens (including phenoxy) is 1. The zero-order valence-electron chi connectivity index (χ0n) is 47.4. The van der Waals surface area contributed by atoms with Gasteiger partial charge in [0, 0.05) is 12.8 Å². The Morgan fingerprint density at radius 1 is 0.500 bits per heavy atom. The number of likely N-dealkylation sites (N-methyl/N-ethyl adjacent to an activating group) is 1. The molecule has 0 aromatic rings. The summed E-state index contributed by atoms with van der Waals surface area (Å²) >= 11 is 0. The van der Waals surface area contributed by atoms with Gasteiger partial charge in [-0.1, -0.05) is 215 Å². The highest BCUT2D eigenvalue weighted by Gasteiger charge is 2.30. The molecule has 9 nitrogen and oxygen atoms in total. The molecule has 0 bridgehead atoms. The van der Waals surface area contributed by atoms with E-state index in [0.717, 1.165) is 116 Å². The lowest BCUT2D eigenvalue weighted by molar-refractivity contribution is -0.870. The normalized spacial score (nSPS) is 14.4. The number of phosphoric ester groups is 1. The van der Waals surface area contributed by atoms with Gasteiger partial charge >= 0.3 is 13.8 Å². The molecule has 0 aromatic carbocycles. The van der Waals surface area contributed by atoms with Crippen LogP contribution in [0.4, 0.5) is 0 Å². The number of hydrogen-bond acceptors (Lipinski definition) is 6. The maximum absolute atomic E-state index is 13.5. The molecule has 0 aliphatic rings. The summed E-state index contributed by atoms with van der Waals surface area (Å²) in [6.07, 6.45) is 67.2. The highest BCUT2D eigenvalue weighted by Crippen LogP contribution is 2.43. The second-order valence-corrected chi connectivity index (χ2v) is 22.2. The molecule has 0 heterocycles. The fraction of sp³-hybridized carbons (Fsp3) is 0.742. The van der Waals surface area contributed by atoms with Crippen LogP contribution in [0.3, 0.4) is 0 Å². The average Bonchev–Trinajstić information content (AvgIpc) is 3.34. The smallest absolute Gasteiger partial charge is 0.456 e. The minimum absolute atomic E-state index is 0.0297. The van der Waals surface area contributed by atoms with Gasteiger partial charge in [-0.2, -0.15) is 0 Å². The third-order valence-electron chi connectivity index (χ3n) is 12.6. The van der Waals surface area contributed by atoms with E-state index >= 15 is 0 Å². The van der Waals surface area contributed by atoms with Gasteiger partial charge in [0.1, 0.15) is 19.3 Å². The third-order valence-corrected chi connectivity index (χ3v) is 13.6. The molecule has 0 spiro atoms. The van der Waals surface area contributed by atoms with E-state index in [1.807, 2.05) is 33.3 Å². The Balaban J connectivity index is 5.39. The molecule has 0 saturated heterocycles. The van der Waals surface area contributed by atoms with Crippen molar-refractivity contribution < 1.29 is 37.3 Å². The van der Waals surface area contributed by atoms with Gasteiger partial charge in [-0.05, 0) is 102 Å². The van der Waals surface area contributed by atoms with E-state index in [0.29, 0.717) is 17.4 Å². The molecule has 0 saturated carbocycles. The predicted molar refractivity (Wildman–Crippen MR) is 309 cm³/mol. The summed E-state index contributed by atoms with van der Waals surface area (Å²) in [5, 5.41) is 3.03. The number of esters is 1. The number of carbonyl (C=O) groups is 2. The molecule has 0 aliphatic heterocycles. The lowest BCUT2D eigenvalue weighted by Crippen LogP contribution is -2.47. The number of carbonyl (C=O) groups excluding carboxylic acids is 2. The SMILES string of the molecule is CC/C=C/C/C=C/C/C=C/CCCCCCC(=O)NC(COP(=O)(O)OCC[N+](C)(C)C)C(/C=C/CCCCCCCCCCCCC)OC(=O)CCCCCCCC/C=C\C/C=C\C/C=C\CCCCC. The number of nitrogens with one attached hydrogen (secondary N) is 1. The summed E-state index contributed by atoms with van der Waals surface area (Å²) in [6.45, 7) is 6.84. The number of phosphoric acid groups is 1. The van der Waals surface area contributed by atoms with Gasteiger partial charge in [0.2, 0.25) is 5.91 Å². The fourth-order valence-electron chi connectivity index (χ4n) is 8.02. The number of hydrogen-bond donors (Lipinski definition) is 2. The van der Waals surface area contributed by atoms with Gasteiger partial charge in [-0.25, -0.2) is 4.57 Å². The quantitative estimate of drug-likeness (QED) is 0.0205. The molecule has 416 valence electrons. The van der Waals surface area contributed by atoms with Crippen molar-refractivity contribution in [2.75, 3.05) is 40.9 Å². The van der Waals surface area contributed by atoms with E-state index in [1.54, 1.807) is 0 Å². The number of unbranched alkanes of at least 4 members (excludes halogenated alkanes) is 24. The fourth-order valence-corrected chi connectivity index (χ4v) is 8.75. The number of amides is 1. The molecule has 10 heteroatoms. The van der Waals surface area contributed by atoms with Crippen LogP contribution in [0.15, 0.2) is 85.1 Å². The standard InChI is InChI=1S/C62H111N2O7P/c1-7-10-13-16-19-22-25-28-30-31-32-33-34-37-40-43-46-49-52-55-62(66)71-60(53-50-47-44-41-38-35-27-24-21-18-15-12-9-3)59(58-70-72(67,68)69-57-56-64(4,5)6)63-61(65)54-51-48-45-42-39-36-29-26-23-20-17-14-11-8-2/h11,14,19-20,22-23,28-30,32-33,36,50,53,59-60H,7-10,12-13,15-18,21,24-27,31,34-35,37-49,51-52,54-58H2,1-6H3,(H-,63,65,67,68)/p+1/b14-11+,22-19-,23-20+,30-28-,33-32-,36-29+,53-50+. The number of nitrogens with zero attached hydrogens (tertiary/aromatic N) is 1. The van der Waals surface area contributed by atoms with Crippen molar-refractivity contribution in [3.63, 3.8) is 0 Å². The van der Waals surface area contributed by atoms with E-state index in [1.165, 1.54) is 96.3 Å². The average molecular weight is 1030 g/mol. The zero-order chi connectivity index (χ0) is 52.9. The van der Waals surface area contributed by atoms with Gasteiger partial charge in [-0.15, -0.1) is 0 Å². The van der Waals surface area contributed by atoms with Crippen LogP contribution in [0.1, 0.15) is 245 Å². The first-order valence-electron chi connectivity index (χ1n) is 29.4. The molecule has 3 atom stereocenters. The van der Waals surface area contributed by atoms with Crippen molar-refractivity contribution in [2.24, 2.45) is 0 Å². The first kappa shape index (κ1) is 69.2.